The van der Waals surface area contributed by atoms with Gasteiger partial charge in [0, 0.05) is 12.5 Å². The van der Waals surface area contributed by atoms with Gasteiger partial charge in [0.2, 0.25) is 0 Å². The molecule has 4 atom stereocenters. The van der Waals surface area contributed by atoms with Gasteiger partial charge in [-0.2, -0.15) is 0 Å². The van der Waals surface area contributed by atoms with Crippen LogP contribution in [0.1, 0.15) is 18.9 Å². The third kappa shape index (κ3) is 2.76. The number of rotatable bonds is 3. The van der Waals surface area contributed by atoms with Gasteiger partial charge in [-0.25, -0.2) is 4.79 Å². The molecule has 21 heavy (non-hydrogen) atoms. The number of aliphatic hydroxyl groups excluding tert-OH is 1. The number of aliphatic hydroxyl groups is 1. The Morgan fingerprint density at radius 1 is 1.43 bits per heavy atom. The van der Waals surface area contributed by atoms with Crippen molar-refractivity contribution in [3.63, 3.8) is 0 Å². The molecule has 2 aliphatic heterocycles. The van der Waals surface area contributed by atoms with Crippen LogP contribution < -0.4 is 0 Å². The third-order valence-electron chi connectivity index (χ3n) is 4.41. The highest BCUT2D eigenvalue weighted by Crippen LogP contribution is 2.35. The zero-order valence-corrected chi connectivity index (χ0v) is 12.1. The number of hydrogen-bond acceptors (Lipinski definition) is 4. The number of carbonyl (C=O) groups is 1. The zero-order valence-electron chi connectivity index (χ0n) is 12.1. The Morgan fingerprint density at radius 2 is 2.19 bits per heavy atom. The normalized spacial score (nSPS) is 31.2. The molecule has 1 aromatic carbocycles. The van der Waals surface area contributed by atoms with Gasteiger partial charge < -0.3 is 14.6 Å². The minimum Gasteiger partial charge on any atom is -0.445 e. The first-order valence-corrected chi connectivity index (χ1v) is 7.47. The Morgan fingerprint density at radius 3 is 2.90 bits per heavy atom. The third-order valence-corrected chi connectivity index (χ3v) is 4.41. The number of ether oxygens (including phenoxy) is 2. The van der Waals surface area contributed by atoms with Gasteiger partial charge in [0.05, 0.1) is 18.8 Å². The van der Waals surface area contributed by atoms with Gasteiger partial charge in [0.25, 0.3) is 0 Å². The highest BCUT2D eigenvalue weighted by Gasteiger charge is 2.51. The molecule has 2 heterocycles. The quantitative estimate of drug-likeness (QED) is 0.922. The molecule has 5 nitrogen and oxygen atoms in total. The summed E-state index contributed by atoms with van der Waals surface area (Å²) in [6.07, 6.45) is -0.115. The van der Waals surface area contributed by atoms with Crippen molar-refractivity contribution in [3.05, 3.63) is 35.9 Å². The summed E-state index contributed by atoms with van der Waals surface area (Å²) in [6, 6.07) is 9.32. The molecule has 5 heteroatoms. The molecule has 0 bridgehead atoms. The smallest absolute Gasteiger partial charge is 0.410 e. The van der Waals surface area contributed by atoms with E-state index in [1.165, 1.54) is 0 Å². The van der Waals surface area contributed by atoms with Gasteiger partial charge in [-0.3, -0.25) is 4.90 Å². The van der Waals surface area contributed by atoms with E-state index in [1.807, 2.05) is 30.3 Å². The fourth-order valence-corrected chi connectivity index (χ4v) is 3.26. The topological polar surface area (TPSA) is 59.0 Å². The summed E-state index contributed by atoms with van der Waals surface area (Å²) in [4.78, 5) is 13.9. The molecule has 0 unspecified atom stereocenters. The molecular formula is C16H21NO4. The summed E-state index contributed by atoms with van der Waals surface area (Å²) in [7, 11) is 0. The van der Waals surface area contributed by atoms with E-state index >= 15 is 0 Å². The van der Waals surface area contributed by atoms with Crippen LogP contribution in [-0.2, 0) is 16.1 Å². The van der Waals surface area contributed by atoms with Crippen molar-refractivity contribution in [3.8, 4) is 0 Å². The molecule has 114 valence electrons. The van der Waals surface area contributed by atoms with Gasteiger partial charge in [0.15, 0.2) is 0 Å². The minimum atomic E-state index is -0.615. The van der Waals surface area contributed by atoms with Crippen LogP contribution in [0.2, 0.25) is 0 Å². The first-order chi connectivity index (χ1) is 10.2. The first-order valence-electron chi connectivity index (χ1n) is 7.47. The molecule has 2 fully saturated rings. The number of benzene rings is 1. The number of likely N-dealkylation sites (tertiary alicyclic amines) is 1. The summed E-state index contributed by atoms with van der Waals surface area (Å²) in [5, 5.41) is 10.0. The van der Waals surface area contributed by atoms with E-state index in [0.717, 1.165) is 12.0 Å². The van der Waals surface area contributed by atoms with E-state index in [0.29, 0.717) is 13.2 Å². The summed E-state index contributed by atoms with van der Waals surface area (Å²) >= 11 is 0. The Hall–Kier alpha value is -1.59. The van der Waals surface area contributed by atoms with Crippen LogP contribution in [0.5, 0.6) is 0 Å². The van der Waals surface area contributed by atoms with E-state index in [-0.39, 0.29) is 30.8 Å². The van der Waals surface area contributed by atoms with E-state index < -0.39 is 6.10 Å². The molecule has 1 amide bonds. The summed E-state index contributed by atoms with van der Waals surface area (Å²) < 4.78 is 11.0. The predicted molar refractivity (Wildman–Crippen MR) is 76.6 cm³/mol. The van der Waals surface area contributed by atoms with Gasteiger partial charge in [-0.1, -0.05) is 37.3 Å². The number of amides is 1. The summed E-state index contributed by atoms with van der Waals surface area (Å²) in [6.45, 7) is 3.22. The highest BCUT2D eigenvalue weighted by molar-refractivity contribution is 5.69. The van der Waals surface area contributed by atoms with Crippen LogP contribution in [0.3, 0.4) is 0 Å². The van der Waals surface area contributed by atoms with Crippen LogP contribution in [0.25, 0.3) is 0 Å². The number of fused-ring (bicyclic) bond motifs is 1. The fraction of sp³-hybridized carbons (Fsp3) is 0.562. The average Bonchev–Trinajstić information content (AvgIpc) is 3.07. The average molecular weight is 291 g/mol. The largest absolute Gasteiger partial charge is 0.445 e. The molecule has 1 N–H and O–H groups in total. The van der Waals surface area contributed by atoms with E-state index in [4.69, 9.17) is 9.47 Å². The van der Waals surface area contributed by atoms with Crippen molar-refractivity contribution >= 4 is 6.09 Å². The summed E-state index contributed by atoms with van der Waals surface area (Å²) in [5.74, 6) is 0.274. The number of hydrogen-bond donors (Lipinski definition) is 1. The van der Waals surface area contributed by atoms with Crippen molar-refractivity contribution in [1.82, 2.24) is 4.90 Å². The maximum atomic E-state index is 12.3. The van der Waals surface area contributed by atoms with Gasteiger partial charge in [-0.05, 0) is 12.0 Å². The molecule has 0 saturated carbocycles. The number of carbonyl (C=O) groups excluding carboxylic acids is 1. The Kier molecular flexibility index (Phi) is 4.12. The van der Waals surface area contributed by atoms with E-state index in [1.54, 1.807) is 4.90 Å². The van der Waals surface area contributed by atoms with Crippen LogP contribution in [0.15, 0.2) is 30.3 Å². The van der Waals surface area contributed by atoms with Crippen LogP contribution in [-0.4, -0.2) is 47.5 Å². The Labute approximate surface area is 124 Å². The molecule has 3 rings (SSSR count). The molecule has 0 spiro atoms. The van der Waals surface area contributed by atoms with Crippen molar-refractivity contribution in [2.45, 2.75) is 38.2 Å². The maximum Gasteiger partial charge on any atom is 0.410 e. The Bertz CT molecular complexity index is 492. The summed E-state index contributed by atoms with van der Waals surface area (Å²) in [5.41, 5.74) is 0.955. The van der Waals surface area contributed by atoms with Crippen molar-refractivity contribution in [2.24, 2.45) is 5.92 Å². The van der Waals surface area contributed by atoms with Crippen molar-refractivity contribution in [1.29, 1.82) is 0 Å². The lowest BCUT2D eigenvalue weighted by atomic mass is 9.99. The highest BCUT2D eigenvalue weighted by atomic mass is 16.6. The molecule has 1 aromatic rings. The first kappa shape index (κ1) is 14.4. The van der Waals surface area contributed by atoms with Gasteiger partial charge in [0.1, 0.15) is 12.7 Å². The van der Waals surface area contributed by atoms with E-state index in [2.05, 4.69) is 6.92 Å². The fourth-order valence-electron chi connectivity index (χ4n) is 3.26. The lowest BCUT2D eigenvalue weighted by Gasteiger charge is -2.24. The predicted octanol–water partition coefficient (Wildman–Crippen LogP) is 1.79. The molecule has 0 aromatic heterocycles. The zero-order chi connectivity index (χ0) is 14.8. The van der Waals surface area contributed by atoms with Crippen LogP contribution >= 0.6 is 0 Å². The SMILES string of the molecule is CC[C@H]1CN(C(=O)OCc2ccccc2)[C@H]2[C@@H]1OC[C@@H]2O. The number of nitrogens with zero attached hydrogens (tertiary/aromatic N) is 1. The van der Waals surface area contributed by atoms with Gasteiger partial charge in [-0.15, -0.1) is 0 Å². The van der Waals surface area contributed by atoms with E-state index in [9.17, 15) is 9.90 Å². The Balaban J connectivity index is 1.64. The van der Waals surface area contributed by atoms with Crippen LogP contribution in [0, 0.1) is 5.92 Å². The molecule has 2 saturated heterocycles. The monoisotopic (exact) mass is 291 g/mol. The molecule has 0 aliphatic carbocycles. The maximum absolute atomic E-state index is 12.3. The minimum absolute atomic E-state index is 0.0609. The van der Waals surface area contributed by atoms with Crippen molar-refractivity contribution in [2.75, 3.05) is 13.2 Å². The molecule has 0 radical (unpaired) electrons. The molecular weight excluding hydrogens is 270 g/mol. The van der Waals surface area contributed by atoms with Crippen molar-refractivity contribution < 1.29 is 19.4 Å². The van der Waals surface area contributed by atoms with Gasteiger partial charge >= 0.3 is 6.09 Å². The standard InChI is InChI=1S/C16H21NO4/c1-2-12-8-17(14-13(18)10-20-15(12)14)16(19)21-9-11-6-4-3-5-7-11/h3-7,12-15,18H,2,8-10H2,1H3/t12-,13-,14+,15+/m0/s1. The second-order valence-corrected chi connectivity index (χ2v) is 5.72. The lowest BCUT2D eigenvalue weighted by Crippen LogP contribution is -2.44. The second kappa shape index (κ2) is 6.03. The van der Waals surface area contributed by atoms with Crippen LogP contribution in [0.4, 0.5) is 4.79 Å². The lowest BCUT2D eigenvalue weighted by molar-refractivity contribution is 0.0544. The second-order valence-electron chi connectivity index (χ2n) is 5.72. The molecule has 2 aliphatic rings.